The van der Waals surface area contributed by atoms with E-state index in [0.29, 0.717) is 0 Å². The molecule has 0 heterocycles. The molecule has 0 spiro atoms. The smallest absolute Gasteiger partial charge is 0.150 e. The topological polar surface area (TPSA) is 17.1 Å². The lowest BCUT2D eigenvalue weighted by Gasteiger charge is -2.31. The maximum absolute atomic E-state index is 16.2. The minimum atomic E-state index is -3.10. The summed E-state index contributed by atoms with van der Waals surface area (Å²) in [7, 11) is -3.10. The molecule has 0 saturated heterocycles. The van der Waals surface area contributed by atoms with Crippen molar-refractivity contribution in [2.75, 3.05) is 0 Å². The highest BCUT2D eigenvalue weighted by atomic mass is 31.2. The van der Waals surface area contributed by atoms with Gasteiger partial charge in [0.1, 0.15) is 0 Å². The first-order chi connectivity index (χ1) is 19.7. The van der Waals surface area contributed by atoms with Crippen LogP contribution in [0.2, 0.25) is 0 Å². The van der Waals surface area contributed by atoms with Crippen LogP contribution in [-0.4, -0.2) is 5.66 Å². The van der Waals surface area contributed by atoms with Gasteiger partial charge >= 0.3 is 0 Å². The predicted molar refractivity (Wildman–Crippen MR) is 174 cm³/mol. The van der Waals surface area contributed by atoms with Crippen molar-refractivity contribution in [3.05, 3.63) is 121 Å². The number of benzene rings is 8. The van der Waals surface area contributed by atoms with Crippen molar-refractivity contribution < 1.29 is 4.57 Å². The zero-order valence-electron chi connectivity index (χ0n) is 22.1. The summed E-state index contributed by atoms with van der Waals surface area (Å²) < 4.78 is 16.2. The Hall–Kier alpha value is -4.19. The zero-order valence-corrected chi connectivity index (χ0v) is 23.0. The van der Waals surface area contributed by atoms with Crippen LogP contribution < -0.4 is 10.6 Å². The van der Waals surface area contributed by atoms with E-state index in [1.165, 1.54) is 53.9 Å². The number of rotatable bonds is 3. The van der Waals surface area contributed by atoms with Crippen molar-refractivity contribution in [1.82, 2.24) is 0 Å². The highest BCUT2D eigenvalue weighted by Crippen LogP contribution is 2.56. The van der Waals surface area contributed by atoms with Gasteiger partial charge in [0, 0.05) is 16.3 Å². The molecule has 1 atom stereocenters. The quantitative estimate of drug-likeness (QED) is 0.126. The van der Waals surface area contributed by atoms with Crippen LogP contribution in [0.3, 0.4) is 0 Å². The second kappa shape index (κ2) is 8.17. The molecule has 1 aliphatic rings. The SMILES string of the molecule is O=P(c1ccc2ccc3cccc4ccc1c2c34)(c1ccc2ccc3cccc4ccc1c2c34)C1C=CCCC1. The van der Waals surface area contributed by atoms with Crippen LogP contribution in [0.15, 0.2) is 121 Å². The minimum Gasteiger partial charge on any atom is -0.313 e. The molecule has 2 heteroatoms. The Bertz CT molecular complexity index is 2160. The maximum Gasteiger partial charge on any atom is 0.150 e. The van der Waals surface area contributed by atoms with Crippen LogP contribution in [0.4, 0.5) is 0 Å². The number of hydrogen-bond donors (Lipinski definition) is 0. The Morgan fingerprint density at radius 1 is 0.500 bits per heavy atom. The van der Waals surface area contributed by atoms with Crippen molar-refractivity contribution in [3.8, 4) is 0 Å². The van der Waals surface area contributed by atoms with Crippen molar-refractivity contribution in [2.45, 2.75) is 24.9 Å². The van der Waals surface area contributed by atoms with Crippen LogP contribution in [0.1, 0.15) is 19.3 Å². The van der Waals surface area contributed by atoms with E-state index in [9.17, 15) is 0 Å². The molecule has 8 aromatic carbocycles. The lowest BCUT2D eigenvalue weighted by molar-refractivity contribution is 0.575. The predicted octanol–water partition coefficient (Wildman–Crippen LogP) is 9.90. The molecule has 9 rings (SSSR count). The summed E-state index contributed by atoms with van der Waals surface area (Å²) in [6, 6.07) is 39.6. The molecule has 190 valence electrons. The van der Waals surface area contributed by atoms with Crippen molar-refractivity contribution in [1.29, 1.82) is 0 Å². The first-order valence-electron chi connectivity index (χ1n) is 14.3. The maximum atomic E-state index is 16.2. The average Bonchev–Trinajstić information content (AvgIpc) is 3.02. The average molecular weight is 531 g/mol. The van der Waals surface area contributed by atoms with Gasteiger partial charge in [-0.05, 0) is 96.0 Å². The third-order valence-corrected chi connectivity index (χ3v) is 13.0. The molecule has 1 aliphatic carbocycles. The molecule has 0 fully saturated rings. The van der Waals surface area contributed by atoms with E-state index in [-0.39, 0.29) is 5.66 Å². The van der Waals surface area contributed by atoms with Gasteiger partial charge in [-0.15, -0.1) is 0 Å². The second-order valence-electron chi connectivity index (χ2n) is 11.5. The van der Waals surface area contributed by atoms with Crippen LogP contribution in [0.25, 0.3) is 64.6 Å². The fourth-order valence-electron chi connectivity index (χ4n) is 7.60. The van der Waals surface area contributed by atoms with Gasteiger partial charge in [0.2, 0.25) is 0 Å². The summed E-state index contributed by atoms with van der Waals surface area (Å²) in [5, 5.41) is 16.7. The van der Waals surface area contributed by atoms with E-state index >= 15 is 4.57 Å². The van der Waals surface area contributed by atoms with Crippen LogP contribution in [0, 0.1) is 0 Å². The molecule has 1 nitrogen and oxygen atoms in total. The van der Waals surface area contributed by atoms with Gasteiger partial charge in [-0.25, -0.2) is 0 Å². The highest BCUT2D eigenvalue weighted by molar-refractivity contribution is 7.80. The molecule has 0 amide bonds. The van der Waals surface area contributed by atoms with Crippen molar-refractivity contribution in [3.63, 3.8) is 0 Å². The van der Waals surface area contributed by atoms with Gasteiger partial charge < -0.3 is 4.57 Å². The largest absolute Gasteiger partial charge is 0.313 e. The van der Waals surface area contributed by atoms with E-state index in [4.69, 9.17) is 0 Å². The van der Waals surface area contributed by atoms with Crippen LogP contribution in [0.5, 0.6) is 0 Å². The standard InChI is InChI=1S/C38H27OP/c39-40(30-10-2-1-3-11-30,33-22-18-28-14-12-24-6-4-8-26-16-20-31(33)37(28)35(24)26)34-23-19-29-15-13-25-7-5-9-27-17-21-32(34)38(29)36(25)27/h2,4-10,12-23,30H,1,3,11H2. The zero-order chi connectivity index (χ0) is 26.4. The lowest BCUT2D eigenvalue weighted by atomic mass is 9.94. The van der Waals surface area contributed by atoms with E-state index in [1.807, 2.05) is 0 Å². The molecule has 0 aromatic heterocycles. The first kappa shape index (κ1) is 22.6. The second-order valence-corrected chi connectivity index (χ2v) is 14.4. The molecule has 0 N–H and O–H groups in total. The molecular weight excluding hydrogens is 503 g/mol. The Labute approximate surface area is 232 Å². The van der Waals surface area contributed by atoms with Gasteiger partial charge in [0.25, 0.3) is 0 Å². The van der Waals surface area contributed by atoms with Gasteiger partial charge in [0.05, 0.1) is 0 Å². The molecule has 1 unspecified atom stereocenters. The molecule has 0 bridgehead atoms. The van der Waals surface area contributed by atoms with Gasteiger partial charge in [0.15, 0.2) is 7.14 Å². The Balaban J connectivity index is 1.44. The lowest BCUT2D eigenvalue weighted by Crippen LogP contribution is -2.27. The number of allylic oxidation sites excluding steroid dienone is 2. The summed E-state index contributed by atoms with van der Waals surface area (Å²) in [5.41, 5.74) is -0.0156. The third kappa shape index (κ3) is 2.91. The van der Waals surface area contributed by atoms with Gasteiger partial charge in [-0.2, -0.15) is 0 Å². The monoisotopic (exact) mass is 530 g/mol. The molecule has 0 aliphatic heterocycles. The van der Waals surface area contributed by atoms with E-state index < -0.39 is 7.14 Å². The molecular formula is C38H27OP. The van der Waals surface area contributed by atoms with Crippen molar-refractivity contribution >= 4 is 82.4 Å². The van der Waals surface area contributed by atoms with Crippen LogP contribution in [-0.2, 0) is 4.57 Å². The number of hydrogen-bond acceptors (Lipinski definition) is 1. The molecule has 0 radical (unpaired) electrons. The molecule has 0 saturated carbocycles. The summed E-state index contributed by atoms with van der Waals surface area (Å²) in [4.78, 5) is 0. The Kier molecular flexibility index (Phi) is 4.61. The van der Waals surface area contributed by atoms with Gasteiger partial charge in [-0.3, -0.25) is 0 Å². The summed E-state index contributed by atoms with van der Waals surface area (Å²) in [5.74, 6) is 0. The molecule has 8 aromatic rings. The summed E-state index contributed by atoms with van der Waals surface area (Å²) in [6.07, 6.45) is 7.60. The first-order valence-corrected chi connectivity index (χ1v) is 16.1. The Morgan fingerprint density at radius 3 is 1.38 bits per heavy atom. The molecule has 40 heavy (non-hydrogen) atoms. The summed E-state index contributed by atoms with van der Waals surface area (Å²) >= 11 is 0. The van der Waals surface area contributed by atoms with E-state index in [0.717, 1.165) is 40.6 Å². The highest BCUT2D eigenvalue weighted by Gasteiger charge is 2.38. The van der Waals surface area contributed by atoms with E-state index in [2.05, 4.69) is 121 Å². The van der Waals surface area contributed by atoms with Gasteiger partial charge in [-0.1, -0.05) is 109 Å². The van der Waals surface area contributed by atoms with Crippen LogP contribution >= 0.6 is 7.14 Å². The third-order valence-electron chi connectivity index (χ3n) is 9.42. The van der Waals surface area contributed by atoms with E-state index in [1.54, 1.807) is 0 Å². The fraction of sp³-hybridized carbons (Fsp3) is 0.105. The van der Waals surface area contributed by atoms with Crippen molar-refractivity contribution in [2.24, 2.45) is 0 Å². The normalized spacial score (nSPS) is 16.4. The minimum absolute atomic E-state index is 0.0156. The Morgan fingerprint density at radius 2 is 0.925 bits per heavy atom. The fourth-order valence-corrected chi connectivity index (χ4v) is 11.2. The summed E-state index contributed by atoms with van der Waals surface area (Å²) in [6.45, 7) is 0.